The fourth-order valence-electron chi connectivity index (χ4n) is 3.09. The van der Waals surface area contributed by atoms with Crippen LogP contribution in [0.25, 0.3) is 10.8 Å². The number of pyridine rings is 1. The second-order valence-electron chi connectivity index (χ2n) is 5.29. The first-order valence-electron chi connectivity index (χ1n) is 7.17. The molecule has 106 valence electrons. The number of fused-ring (bicyclic) bond motifs is 1. The third-order valence-electron chi connectivity index (χ3n) is 4.07. The number of anilines is 1. The minimum absolute atomic E-state index is 0.526. The number of hydrogen-bond donors (Lipinski definition) is 0. The van der Waals surface area contributed by atoms with E-state index in [1.165, 1.54) is 30.0 Å². The number of piperidine rings is 1. The Bertz CT molecular complexity index is 600. The van der Waals surface area contributed by atoms with Crippen LogP contribution in [0.15, 0.2) is 34.9 Å². The van der Waals surface area contributed by atoms with Crippen molar-refractivity contribution >= 4 is 44.1 Å². The molecule has 1 atom stereocenters. The average molecular weight is 354 g/mol. The molecule has 1 aliphatic rings. The summed E-state index contributed by atoms with van der Waals surface area (Å²) >= 11 is 9.61. The number of alkyl halides is 1. The maximum atomic E-state index is 5.98. The van der Waals surface area contributed by atoms with Crippen LogP contribution in [-0.2, 0) is 0 Å². The Morgan fingerprint density at radius 2 is 2.15 bits per heavy atom. The zero-order valence-electron chi connectivity index (χ0n) is 11.4. The highest BCUT2D eigenvalue weighted by Crippen LogP contribution is 2.33. The number of nitrogens with zero attached hydrogens (tertiary/aromatic N) is 2. The van der Waals surface area contributed by atoms with Gasteiger partial charge in [0.25, 0.3) is 0 Å². The van der Waals surface area contributed by atoms with Crippen molar-refractivity contribution in [1.29, 1.82) is 0 Å². The van der Waals surface area contributed by atoms with Crippen molar-refractivity contribution in [3.63, 3.8) is 0 Å². The molecule has 0 aliphatic carbocycles. The molecular formula is C16H18BrClN2. The maximum Gasteiger partial charge on any atom is 0.136 e. The summed E-state index contributed by atoms with van der Waals surface area (Å²) < 4.78 is 1.13. The molecule has 1 unspecified atom stereocenters. The molecule has 0 spiro atoms. The monoisotopic (exact) mass is 352 g/mol. The molecule has 2 nitrogen and oxygen atoms in total. The zero-order chi connectivity index (χ0) is 13.9. The van der Waals surface area contributed by atoms with E-state index in [2.05, 4.69) is 50.1 Å². The molecule has 1 fully saturated rings. The van der Waals surface area contributed by atoms with Crippen molar-refractivity contribution in [3.8, 4) is 0 Å². The first-order chi connectivity index (χ1) is 9.81. The van der Waals surface area contributed by atoms with Crippen molar-refractivity contribution in [1.82, 2.24) is 4.98 Å². The Balaban J connectivity index is 2.06. The number of aromatic nitrogens is 1. The van der Waals surface area contributed by atoms with E-state index in [9.17, 15) is 0 Å². The van der Waals surface area contributed by atoms with Crippen LogP contribution in [0.5, 0.6) is 0 Å². The largest absolute Gasteiger partial charge is 0.353 e. The van der Waals surface area contributed by atoms with E-state index in [0.29, 0.717) is 6.04 Å². The Morgan fingerprint density at radius 1 is 1.25 bits per heavy atom. The SMILES string of the molecule is ClCCC1CCCCN1c1nccc2c(Br)cccc12. The molecule has 0 radical (unpaired) electrons. The number of hydrogen-bond acceptors (Lipinski definition) is 2. The van der Waals surface area contributed by atoms with Crippen LogP contribution in [0.1, 0.15) is 25.7 Å². The van der Waals surface area contributed by atoms with Gasteiger partial charge in [-0.3, -0.25) is 0 Å². The summed E-state index contributed by atoms with van der Waals surface area (Å²) in [5.41, 5.74) is 0. The normalized spacial score (nSPS) is 19.5. The van der Waals surface area contributed by atoms with E-state index in [-0.39, 0.29) is 0 Å². The van der Waals surface area contributed by atoms with Gasteiger partial charge in [0.05, 0.1) is 0 Å². The van der Waals surface area contributed by atoms with Gasteiger partial charge in [-0.25, -0.2) is 4.98 Å². The quantitative estimate of drug-likeness (QED) is 0.723. The number of halogens is 2. The highest BCUT2D eigenvalue weighted by molar-refractivity contribution is 9.10. The van der Waals surface area contributed by atoms with Gasteiger partial charge in [0.15, 0.2) is 0 Å². The number of benzene rings is 1. The third kappa shape index (κ3) is 2.66. The molecule has 0 bridgehead atoms. The smallest absolute Gasteiger partial charge is 0.136 e. The summed E-state index contributed by atoms with van der Waals surface area (Å²) in [5, 5.41) is 2.45. The van der Waals surface area contributed by atoms with Gasteiger partial charge in [0.1, 0.15) is 5.82 Å². The van der Waals surface area contributed by atoms with Crippen molar-refractivity contribution in [2.45, 2.75) is 31.7 Å². The van der Waals surface area contributed by atoms with Crippen LogP contribution in [0.4, 0.5) is 5.82 Å². The van der Waals surface area contributed by atoms with Crippen molar-refractivity contribution in [3.05, 3.63) is 34.9 Å². The maximum absolute atomic E-state index is 5.98. The fourth-order valence-corrected chi connectivity index (χ4v) is 3.84. The predicted molar refractivity (Wildman–Crippen MR) is 89.8 cm³/mol. The molecule has 2 aromatic rings. The highest BCUT2D eigenvalue weighted by Gasteiger charge is 2.24. The van der Waals surface area contributed by atoms with Crippen LogP contribution in [0, 0.1) is 0 Å². The van der Waals surface area contributed by atoms with Gasteiger partial charge >= 0.3 is 0 Å². The molecule has 0 amide bonds. The van der Waals surface area contributed by atoms with E-state index >= 15 is 0 Å². The molecule has 1 aromatic heterocycles. The van der Waals surface area contributed by atoms with Gasteiger partial charge in [-0.15, -0.1) is 11.6 Å². The predicted octanol–water partition coefficient (Wildman–Crippen LogP) is 4.99. The molecule has 0 saturated carbocycles. The third-order valence-corrected chi connectivity index (χ3v) is 4.98. The lowest BCUT2D eigenvalue weighted by molar-refractivity contribution is 0.449. The summed E-state index contributed by atoms with van der Waals surface area (Å²) in [6, 6.07) is 8.92. The average Bonchev–Trinajstić information content (AvgIpc) is 2.48. The molecule has 4 heteroatoms. The lowest BCUT2D eigenvalue weighted by atomic mass is 9.99. The Morgan fingerprint density at radius 3 is 3.00 bits per heavy atom. The van der Waals surface area contributed by atoms with Crippen molar-refractivity contribution in [2.75, 3.05) is 17.3 Å². The molecule has 3 rings (SSSR count). The molecule has 1 aliphatic heterocycles. The Hall–Kier alpha value is -0.800. The van der Waals surface area contributed by atoms with E-state index < -0.39 is 0 Å². The van der Waals surface area contributed by atoms with Gasteiger partial charge in [0, 0.05) is 39.9 Å². The molecule has 1 aromatic carbocycles. The van der Waals surface area contributed by atoms with E-state index in [0.717, 1.165) is 29.1 Å². The van der Waals surface area contributed by atoms with Gasteiger partial charge in [-0.2, -0.15) is 0 Å². The minimum Gasteiger partial charge on any atom is -0.353 e. The number of rotatable bonds is 3. The van der Waals surface area contributed by atoms with Crippen molar-refractivity contribution in [2.24, 2.45) is 0 Å². The van der Waals surface area contributed by atoms with Crippen LogP contribution in [-0.4, -0.2) is 23.5 Å². The minimum atomic E-state index is 0.526. The van der Waals surface area contributed by atoms with Crippen LogP contribution < -0.4 is 4.90 Å². The van der Waals surface area contributed by atoms with Gasteiger partial charge < -0.3 is 4.90 Å². The summed E-state index contributed by atoms with van der Waals surface area (Å²) in [6.07, 6.45) is 6.71. The highest BCUT2D eigenvalue weighted by atomic mass is 79.9. The molecule has 2 heterocycles. The van der Waals surface area contributed by atoms with Crippen LogP contribution >= 0.6 is 27.5 Å². The first kappa shape index (κ1) is 14.2. The van der Waals surface area contributed by atoms with Gasteiger partial charge in [0.2, 0.25) is 0 Å². The van der Waals surface area contributed by atoms with E-state index in [4.69, 9.17) is 11.6 Å². The molecule has 0 N–H and O–H groups in total. The van der Waals surface area contributed by atoms with E-state index in [1.54, 1.807) is 0 Å². The molecule has 20 heavy (non-hydrogen) atoms. The summed E-state index contributed by atoms with van der Waals surface area (Å²) in [5.74, 6) is 1.83. The van der Waals surface area contributed by atoms with Crippen LogP contribution in [0.2, 0.25) is 0 Å². The lowest BCUT2D eigenvalue weighted by Crippen LogP contribution is -2.40. The second-order valence-corrected chi connectivity index (χ2v) is 6.52. The summed E-state index contributed by atoms with van der Waals surface area (Å²) in [4.78, 5) is 7.13. The van der Waals surface area contributed by atoms with Gasteiger partial charge in [-0.05, 0) is 37.8 Å². The second kappa shape index (κ2) is 6.31. The molecular weight excluding hydrogens is 336 g/mol. The van der Waals surface area contributed by atoms with Crippen molar-refractivity contribution < 1.29 is 0 Å². The fraction of sp³-hybridized carbons (Fsp3) is 0.438. The summed E-state index contributed by atoms with van der Waals surface area (Å²) in [6.45, 7) is 1.08. The topological polar surface area (TPSA) is 16.1 Å². The zero-order valence-corrected chi connectivity index (χ0v) is 13.7. The first-order valence-corrected chi connectivity index (χ1v) is 8.50. The Kier molecular flexibility index (Phi) is 4.47. The molecule has 1 saturated heterocycles. The summed E-state index contributed by atoms with van der Waals surface area (Å²) in [7, 11) is 0. The van der Waals surface area contributed by atoms with E-state index in [1.807, 2.05) is 6.20 Å². The Labute approximate surface area is 133 Å². The standard InChI is InChI=1S/C16H18BrClN2/c17-15-6-3-5-14-13(15)8-10-19-16(14)20-11-2-1-4-12(20)7-9-18/h3,5-6,8,10,12H,1-2,4,7,9,11H2. The van der Waals surface area contributed by atoms with Crippen LogP contribution in [0.3, 0.4) is 0 Å². The van der Waals surface area contributed by atoms with Gasteiger partial charge in [-0.1, -0.05) is 28.1 Å². The lowest BCUT2D eigenvalue weighted by Gasteiger charge is -2.37.